The van der Waals surface area contributed by atoms with E-state index in [2.05, 4.69) is 10.8 Å². The minimum absolute atomic E-state index is 0.177. The van der Waals surface area contributed by atoms with Crippen molar-refractivity contribution in [3.63, 3.8) is 0 Å². The molecule has 0 aliphatic heterocycles. The standard InChI is InChI=1S/C10H12F2O2/c11-9(12)5-14-10(13)8-4-6-1-2-7(8)3-6/h1-2,6-9H,3-5H2. The normalized spacial score (nSPS) is 34.1. The van der Waals surface area contributed by atoms with Gasteiger partial charge in [0, 0.05) is 0 Å². The molecule has 14 heavy (non-hydrogen) atoms. The summed E-state index contributed by atoms with van der Waals surface area (Å²) in [4.78, 5) is 11.4. The summed E-state index contributed by atoms with van der Waals surface area (Å²) in [6.07, 6.45) is 3.29. The van der Waals surface area contributed by atoms with Gasteiger partial charge < -0.3 is 4.74 Å². The lowest BCUT2D eigenvalue weighted by atomic mass is 9.94. The van der Waals surface area contributed by atoms with Crippen molar-refractivity contribution in [3.8, 4) is 0 Å². The number of fused-ring (bicyclic) bond motifs is 2. The molecule has 0 saturated heterocycles. The maximum atomic E-state index is 11.8. The number of esters is 1. The zero-order valence-electron chi connectivity index (χ0n) is 7.66. The summed E-state index contributed by atoms with van der Waals surface area (Å²) in [5.41, 5.74) is 0. The molecule has 0 N–H and O–H groups in total. The minimum Gasteiger partial charge on any atom is -0.459 e. The Balaban J connectivity index is 1.84. The van der Waals surface area contributed by atoms with Crippen LogP contribution in [0.4, 0.5) is 8.78 Å². The Morgan fingerprint density at radius 1 is 1.43 bits per heavy atom. The fraction of sp³-hybridized carbons (Fsp3) is 0.700. The van der Waals surface area contributed by atoms with Crippen LogP contribution in [-0.2, 0) is 9.53 Å². The lowest BCUT2D eigenvalue weighted by Gasteiger charge is -2.16. The smallest absolute Gasteiger partial charge is 0.309 e. The van der Waals surface area contributed by atoms with Crippen LogP contribution in [-0.4, -0.2) is 19.0 Å². The van der Waals surface area contributed by atoms with E-state index in [-0.39, 0.29) is 11.8 Å². The zero-order chi connectivity index (χ0) is 10.1. The molecule has 0 aromatic heterocycles. The number of carbonyl (C=O) groups excluding carboxylic acids is 1. The van der Waals surface area contributed by atoms with Gasteiger partial charge in [-0.3, -0.25) is 4.79 Å². The zero-order valence-corrected chi connectivity index (χ0v) is 7.66. The number of alkyl halides is 2. The molecule has 78 valence electrons. The van der Waals surface area contributed by atoms with E-state index in [4.69, 9.17) is 0 Å². The van der Waals surface area contributed by atoms with Crippen molar-refractivity contribution in [2.45, 2.75) is 19.3 Å². The molecular weight excluding hydrogens is 190 g/mol. The number of hydrogen-bond acceptors (Lipinski definition) is 2. The molecule has 0 spiro atoms. The molecule has 2 nitrogen and oxygen atoms in total. The van der Waals surface area contributed by atoms with Gasteiger partial charge in [-0.05, 0) is 24.7 Å². The average Bonchev–Trinajstić information content (AvgIpc) is 2.74. The third-order valence-corrected chi connectivity index (χ3v) is 2.93. The van der Waals surface area contributed by atoms with Crippen LogP contribution in [0.2, 0.25) is 0 Å². The Morgan fingerprint density at radius 3 is 2.71 bits per heavy atom. The van der Waals surface area contributed by atoms with Crippen LogP contribution < -0.4 is 0 Å². The van der Waals surface area contributed by atoms with Crippen LogP contribution in [0, 0.1) is 17.8 Å². The molecule has 2 aliphatic carbocycles. The first kappa shape index (κ1) is 9.62. The Labute approximate surface area is 80.9 Å². The second-order valence-corrected chi connectivity index (χ2v) is 3.91. The molecule has 1 saturated carbocycles. The van der Waals surface area contributed by atoms with Crippen molar-refractivity contribution < 1.29 is 18.3 Å². The number of hydrogen-bond donors (Lipinski definition) is 0. The molecule has 0 radical (unpaired) electrons. The van der Waals surface area contributed by atoms with Gasteiger partial charge >= 0.3 is 5.97 Å². The summed E-state index contributed by atoms with van der Waals surface area (Å²) in [7, 11) is 0. The summed E-state index contributed by atoms with van der Waals surface area (Å²) >= 11 is 0. The first-order chi connectivity index (χ1) is 6.66. The Bertz CT molecular complexity index is 263. The molecule has 3 unspecified atom stereocenters. The van der Waals surface area contributed by atoms with Gasteiger partial charge in [0.15, 0.2) is 6.61 Å². The highest BCUT2D eigenvalue weighted by Crippen LogP contribution is 2.43. The van der Waals surface area contributed by atoms with Crippen LogP contribution in [0.3, 0.4) is 0 Å². The maximum absolute atomic E-state index is 11.8. The lowest BCUT2D eigenvalue weighted by molar-refractivity contribution is -0.153. The SMILES string of the molecule is O=C(OCC(F)F)C1CC2C=CC1C2. The summed E-state index contributed by atoms with van der Waals surface area (Å²) in [5.74, 6) is 0.0557. The van der Waals surface area contributed by atoms with Crippen LogP contribution in [0.25, 0.3) is 0 Å². The molecule has 2 aliphatic rings. The van der Waals surface area contributed by atoms with Crippen molar-refractivity contribution in [2.24, 2.45) is 17.8 Å². The monoisotopic (exact) mass is 202 g/mol. The van der Waals surface area contributed by atoms with Crippen LogP contribution in [0.1, 0.15) is 12.8 Å². The van der Waals surface area contributed by atoms with E-state index < -0.39 is 19.0 Å². The van der Waals surface area contributed by atoms with Crippen LogP contribution >= 0.6 is 0 Å². The van der Waals surface area contributed by atoms with E-state index >= 15 is 0 Å². The molecule has 0 amide bonds. The molecule has 1 fully saturated rings. The predicted octanol–water partition coefficient (Wildman–Crippen LogP) is 2.01. The summed E-state index contributed by atoms with van der Waals surface area (Å²) in [6, 6.07) is 0. The molecule has 3 atom stereocenters. The van der Waals surface area contributed by atoms with Crippen molar-refractivity contribution in [1.29, 1.82) is 0 Å². The van der Waals surface area contributed by atoms with Gasteiger partial charge in [0.25, 0.3) is 6.43 Å². The Morgan fingerprint density at radius 2 is 2.21 bits per heavy atom. The highest BCUT2D eigenvalue weighted by Gasteiger charge is 2.40. The number of halogens is 2. The van der Waals surface area contributed by atoms with E-state index in [9.17, 15) is 13.6 Å². The first-order valence-electron chi connectivity index (χ1n) is 4.80. The highest BCUT2D eigenvalue weighted by molar-refractivity contribution is 5.74. The van der Waals surface area contributed by atoms with Gasteiger partial charge in [-0.15, -0.1) is 0 Å². The van der Waals surface area contributed by atoms with Crippen molar-refractivity contribution in [3.05, 3.63) is 12.2 Å². The van der Waals surface area contributed by atoms with Crippen molar-refractivity contribution >= 4 is 5.97 Å². The fourth-order valence-electron chi connectivity index (χ4n) is 2.30. The van der Waals surface area contributed by atoms with Gasteiger partial charge in [0.05, 0.1) is 5.92 Å². The number of ether oxygens (including phenoxy) is 1. The van der Waals surface area contributed by atoms with E-state index in [0.717, 1.165) is 12.8 Å². The molecule has 0 aromatic rings. The van der Waals surface area contributed by atoms with Gasteiger partial charge in [-0.2, -0.15) is 0 Å². The number of rotatable bonds is 3. The van der Waals surface area contributed by atoms with Gasteiger partial charge in [-0.25, -0.2) is 8.78 Å². The second kappa shape index (κ2) is 3.67. The molecular formula is C10H12F2O2. The second-order valence-electron chi connectivity index (χ2n) is 3.91. The summed E-state index contributed by atoms with van der Waals surface area (Å²) in [6.45, 7) is -0.767. The van der Waals surface area contributed by atoms with Crippen molar-refractivity contribution in [1.82, 2.24) is 0 Å². The number of carbonyl (C=O) groups is 1. The lowest BCUT2D eigenvalue weighted by Crippen LogP contribution is -2.23. The molecule has 0 aromatic carbocycles. The molecule has 2 bridgehead atoms. The van der Waals surface area contributed by atoms with Crippen molar-refractivity contribution in [2.75, 3.05) is 6.61 Å². The summed E-state index contributed by atoms with van der Waals surface area (Å²) < 4.78 is 28.1. The Kier molecular flexibility index (Phi) is 2.52. The average molecular weight is 202 g/mol. The van der Waals surface area contributed by atoms with E-state index in [1.54, 1.807) is 0 Å². The van der Waals surface area contributed by atoms with E-state index in [1.165, 1.54) is 0 Å². The quantitative estimate of drug-likeness (QED) is 0.517. The predicted molar refractivity (Wildman–Crippen MR) is 45.8 cm³/mol. The van der Waals surface area contributed by atoms with E-state index in [1.807, 2.05) is 6.08 Å². The van der Waals surface area contributed by atoms with Crippen LogP contribution in [0.15, 0.2) is 12.2 Å². The van der Waals surface area contributed by atoms with Crippen LogP contribution in [0.5, 0.6) is 0 Å². The number of allylic oxidation sites excluding steroid dienone is 2. The largest absolute Gasteiger partial charge is 0.459 e. The molecule has 2 rings (SSSR count). The minimum atomic E-state index is -2.56. The third-order valence-electron chi connectivity index (χ3n) is 2.93. The molecule has 4 heteroatoms. The Hall–Kier alpha value is -0.930. The van der Waals surface area contributed by atoms with Gasteiger partial charge in [0.1, 0.15) is 0 Å². The third kappa shape index (κ3) is 1.79. The molecule has 0 heterocycles. The van der Waals surface area contributed by atoms with Gasteiger partial charge in [0.2, 0.25) is 0 Å². The highest BCUT2D eigenvalue weighted by atomic mass is 19.3. The maximum Gasteiger partial charge on any atom is 0.309 e. The summed E-state index contributed by atoms with van der Waals surface area (Å²) in [5, 5.41) is 0. The first-order valence-corrected chi connectivity index (χ1v) is 4.80. The van der Waals surface area contributed by atoms with Gasteiger partial charge in [-0.1, -0.05) is 12.2 Å². The topological polar surface area (TPSA) is 26.3 Å². The fourth-order valence-corrected chi connectivity index (χ4v) is 2.30. The van der Waals surface area contributed by atoms with E-state index in [0.29, 0.717) is 5.92 Å².